The maximum absolute atomic E-state index is 10.8. The Morgan fingerprint density at radius 1 is 1.19 bits per heavy atom. The summed E-state index contributed by atoms with van der Waals surface area (Å²) < 4.78 is 31.1. The van der Waals surface area contributed by atoms with Crippen molar-refractivity contribution in [3.63, 3.8) is 0 Å². The third kappa shape index (κ3) is 3.69. The molecule has 0 spiro atoms. The van der Waals surface area contributed by atoms with Crippen LogP contribution in [-0.4, -0.2) is 34.0 Å². The molecule has 0 saturated carbocycles. The van der Waals surface area contributed by atoms with E-state index in [1.807, 2.05) is 0 Å². The van der Waals surface area contributed by atoms with Gasteiger partial charge < -0.3 is 5.32 Å². The van der Waals surface area contributed by atoms with Gasteiger partial charge in [-0.05, 0) is 0 Å². The van der Waals surface area contributed by atoms with Gasteiger partial charge in [-0.25, -0.2) is 0 Å². The summed E-state index contributed by atoms with van der Waals surface area (Å²) in [5.74, 6) is -1.25. The number of rotatable bonds is 8. The van der Waals surface area contributed by atoms with Gasteiger partial charge in [0.05, 0.1) is 0 Å². The van der Waals surface area contributed by atoms with Crippen molar-refractivity contribution in [3.05, 3.63) is 25.3 Å². The number of nitrogens with one attached hydrogen (secondary N) is 2. The van der Waals surface area contributed by atoms with E-state index in [2.05, 4.69) is 23.8 Å². The van der Waals surface area contributed by atoms with Gasteiger partial charge in [0, 0.05) is 26.1 Å². The van der Waals surface area contributed by atoms with E-state index in [9.17, 15) is 8.42 Å². The van der Waals surface area contributed by atoms with Crippen LogP contribution in [0.4, 0.5) is 0 Å². The summed E-state index contributed by atoms with van der Waals surface area (Å²) in [6, 6.07) is 0. The summed E-state index contributed by atoms with van der Waals surface area (Å²) in [6.07, 6.45) is 3.67. The van der Waals surface area contributed by atoms with Crippen LogP contribution in [0.1, 0.15) is 6.42 Å². The lowest BCUT2D eigenvalue weighted by Gasteiger charge is -2.39. The molecule has 0 radical (unpaired) electrons. The lowest BCUT2D eigenvalue weighted by atomic mass is 10.3. The van der Waals surface area contributed by atoms with Crippen molar-refractivity contribution in [1.29, 1.82) is 0 Å². The molecule has 1 rings (SSSR count). The highest BCUT2D eigenvalue weighted by molar-refractivity contribution is 7.82. The highest BCUT2D eigenvalue weighted by Gasteiger charge is 2.51. The van der Waals surface area contributed by atoms with Crippen molar-refractivity contribution >= 4 is 10.4 Å². The fraction of sp³-hybridized carbons (Fsp3) is 0.556. The average Bonchev–Trinajstić information content (AvgIpc) is 2.18. The van der Waals surface area contributed by atoms with E-state index >= 15 is 0 Å². The first-order valence-corrected chi connectivity index (χ1v) is 6.21. The topological polar surface area (TPSA) is 76.7 Å². The van der Waals surface area contributed by atoms with Crippen molar-refractivity contribution in [2.75, 3.05) is 19.6 Å². The van der Waals surface area contributed by atoms with E-state index in [1.54, 1.807) is 12.2 Å². The third-order valence-corrected chi connectivity index (χ3v) is 2.86. The molecule has 1 aliphatic rings. The molecule has 6 nitrogen and oxygen atoms in total. The van der Waals surface area contributed by atoms with E-state index in [-0.39, 0.29) is 0 Å². The molecular formula is C9H16N2O4S. The van der Waals surface area contributed by atoms with Gasteiger partial charge in [-0.3, -0.25) is 5.32 Å². The first kappa shape index (κ1) is 13.3. The van der Waals surface area contributed by atoms with Crippen LogP contribution in [0.25, 0.3) is 0 Å². The molecule has 1 fully saturated rings. The largest absolute Gasteiger partial charge is 0.407 e. The van der Waals surface area contributed by atoms with Crippen molar-refractivity contribution in [2.24, 2.45) is 0 Å². The molecule has 0 unspecified atom stereocenters. The molecule has 0 bridgehead atoms. The summed E-state index contributed by atoms with van der Waals surface area (Å²) in [4.78, 5) is 0. The Balaban J connectivity index is 2.40. The normalized spacial score (nSPS) is 21.0. The second kappa shape index (κ2) is 5.55. The average molecular weight is 248 g/mol. The molecule has 0 atom stereocenters. The fourth-order valence-electron chi connectivity index (χ4n) is 1.25. The Kier molecular flexibility index (Phi) is 4.63. The first-order valence-electron chi connectivity index (χ1n) is 4.87. The molecule has 92 valence electrons. The van der Waals surface area contributed by atoms with Crippen molar-refractivity contribution in [2.45, 2.75) is 12.3 Å². The second-order valence-electron chi connectivity index (χ2n) is 3.24. The zero-order valence-corrected chi connectivity index (χ0v) is 9.76. The minimum Gasteiger partial charge on any atom is -0.313 e. The summed E-state index contributed by atoms with van der Waals surface area (Å²) in [6.45, 7) is 8.66. The van der Waals surface area contributed by atoms with Gasteiger partial charge in [-0.2, -0.15) is 16.8 Å². The Labute approximate surface area is 95.6 Å². The van der Waals surface area contributed by atoms with Crippen LogP contribution in [0, 0.1) is 0 Å². The van der Waals surface area contributed by atoms with Crippen LogP contribution >= 0.6 is 0 Å². The third-order valence-electron chi connectivity index (χ3n) is 1.91. The smallest absolute Gasteiger partial charge is 0.313 e. The van der Waals surface area contributed by atoms with Crippen LogP contribution in [-0.2, 0) is 18.8 Å². The van der Waals surface area contributed by atoms with Gasteiger partial charge in [-0.15, -0.1) is 13.2 Å². The molecule has 2 N–H and O–H groups in total. The van der Waals surface area contributed by atoms with Gasteiger partial charge in [0.15, 0.2) is 0 Å². The molecule has 0 aromatic heterocycles. The van der Waals surface area contributed by atoms with Crippen LogP contribution < -0.4 is 10.6 Å². The van der Waals surface area contributed by atoms with Gasteiger partial charge in [0.2, 0.25) is 0 Å². The Morgan fingerprint density at radius 3 is 2.31 bits per heavy atom. The Morgan fingerprint density at radius 2 is 1.81 bits per heavy atom. The molecule has 0 aromatic rings. The quantitative estimate of drug-likeness (QED) is 0.460. The van der Waals surface area contributed by atoms with Crippen LogP contribution in [0.5, 0.6) is 0 Å². The first-order chi connectivity index (χ1) is 7.54. The molecule has 1 heterocycles. The van der Waals surface area contributed by atoms with Crippen LogP contribution in [0.3, 0.4) is 0 Å². The molecule has 0 aromatic carbocycles. The summed E-state index contributed by atoms with van der Waals surface area (Å²) >= 11 is 0. The summed E-state index contributed by atoms with van der Waals surface area (Å²) in [5.41, 5.74) is 0. The molecule has 16 heavy (non-hydrogen) atoms. The fourth-order valence-corrected chi connectivity index (χ4v) is 2.21. The Bertz CT molecular complexity index is 341. The molecular weight excluding hydrogens is 232 g/mol. The maximum Gasteiger partial charge on any atom is 0.407 e. The van der Waals surface area contributed by atoms with Gasteiger partial charge in [0.25, 0.3) is 5.91 Å². The zero-order chi connectivity index (χ0) is 12.1. The monoisotopic (exact) mass is 248 g/mol. The number of hydrogen-bond donors (Lipinski definition) is 2. The predicted molar refractivity (Wildman–Crippen MR) is 59.7 cm³/mol. The van der Waals surface area contributed by atoms with Crippen LogP contribution in [0.2, 0.25) is 0 Å². The van der Waals surface area contributed by atoms with E-state index in [1.165, 1.54) is 0 Å². The van der Waals surface area contributed by atoms with Crippen molar-refractivity contribution < 1.29 is 16.8 Å². The molecule has 0 aliphatic carbocycles. The SMILES string of the molecule is C=CCNCCC1(NCC=C)OS(=O)(=O)O1. The molecule has 1 aliphatic heterocycles. The lowest BCUT2D eigenvalue weighted by molar-refractivity contribution is -0.211. The standard InChI is InChI=1S/C9H16N2O4S/c1-3-6-10-8-5-9(11-7-4-2)14-16(12,13)15-9/h3-4,10-11H,1-2,5-8H2. The second-order valence-corrected chi connectivity index (χ2v) is 4.39. The highest BCUT2D eigenvalue weighted by Crippen LogP contribution is 2.30. The Hall–Kier alpha value is -0.730. The van der Waals surface area contributed by atoms with E-state index in [0.717, 1.165) is 0 Å². The molecule has 1 saturated heterocycles. The van der Waals surface area contributed by atoms with Crippen molar-refractivity contribution in [1.82, 2.24) is 10.6 Å². The van der Waals surface area contributed by atoms with E-state index < -0.39 is 16.3 Å². The van der Waals surface area contributed by atoms with Crippen LogP contribution in [0.15, 0.2) is 25.3 Å². The lowest BCUT2D eigenvalue weighted by Crippen LogP contribution is -2.61. The molecule has 7 heteroatoms. The van der Waals surface area contributed by atoms with Gasteiger partial charge in [0.1, 0.15) is 0 Å². The minimum absolute atomic E-state index is 0.369. The predicted octanol–water partition coefficient (Wildman–Crippen LogP) is -0.127. The zero-order valence-electron chi connectivity index (χ0n) is 8.94. The van der Waals surface area contributed by atoms with Crippen molar-refractivity contribution in [3.8, 4) is 0 Å². The maximum atomic E-state index is 10.8. The van der Waals surface area contributed by atoms with E-state index in [0.29, 0.717) is 26.1 Å². The molecule has 0 amide bonds. The number of hydrogen-bond acceptors (Lipinski definition) is 6. The minimum atomic E-state index is -3.81. The van der Waals surface area contributed by atoms with Gasteiger partial charge in [-0.1, -0.05) is 12.2 Å². The summed E-state index contributed by atoms with van der Waals surface area (Å²) in [7, 11) is -3.81. The van der Waals surface area contributed by atoms with E-state index in [4.69, 9.17) is 8.37 Å². The summed E-state index contributed by atoms with van der Waals surface area (Å²) in [5, 5.41) is 5.83. The van der Waals surface area contributed by atoms with Gasteiger partial charge >= 0.3 is 10.4 Å². The highest BCUT2D eigenvalue weighted by atomic mass is 32.3.